The molecule has 10 nitrogen and oxygen atoms in total. The van der Waals surface area contributed by atoms with Crippen LogP contribution in [0.4, 0.5) is 32.1 Å². The number of anilines is 4. The minimum Gasteiger partial charge on any atom is -0.487 e. The number of urea groups is 1. The number of hydrogen-bond donors (Lipinski definition) is 2. The summed E-state index contributed by atoms with van der Waals surface area (Å²) in [4.78, 5) is 40.7. The number of rotatable bonds is 10. The van der Waals surface area contributed by atoms with Crippen LogP contribution in [0.5, 0.6) is 5.75 Å². The van der Waals surface area contributed by atoms with Crippen molar-refractivity contribution >= 4 is 68.0 Å². The number of nitrogens with zero attached hydrogens (tertiary/aromatic N) is 4. The minimum atomic E-state index is -0.507. The van der Waals surface area contributed by atoms with Crippen molar-refractivity contribution in [3.8, 4) is 5.75 Å². The van der Waals surface area contributed by atoms with Crippen molar-refractivity contribution < 1.29 is 23.5 Å². The van der Waals surface area contributed by atoms with Gasteiger partial charge in [0, 0.05) is 31.5 Å². The molecule has 13 heteroatoms. The normalized spacial score (nSPS) is 15.6. The fourth-order valence-corrected chi connectivity index (χ4v) is 7.28. The van der Waals surface area contributed by atoms with Crippen molar-refractivity contribution in [3.05, 3.63) is 99.4 Å². The van der Waals surface area contributed by atoms with E-state index in [9.17, 15) is 14.0 Å². The highest BCUT2D eigenvalue weighted by molar-refractivity contribution is 7.21. The van der Waals surface area contributed by atoms with E-state index in [1.807, 2.05) is 31.2 Å². The van der Waals surface area contributed by atoms with E-state index in [0.717, 1.165) is 38.1 Å². The molecule has 1 saturated heterocycles. The summed E-state index contributed by atoms with van der Waals surface area (Å²) in [6.45, 7) is 4.38. The molecule has 0 unspecified atom stereocenters. The minimum absolute atomic E-state index is 0.0761. The van der Waals surface area contributed by atoms with Gasteiger partial charge in [-0.15, -0.1) is 11.3 Å². The topological polar surface area (TPSA) is 109 Å². The number of aromatic nitrogens is 2. The van der Waals surface area contributed by atoms with Gasteiger partial charge in [-0.2, -0.15) is 0 Å². The molecule has 1 fully saturated rings. The maximum atomic E-state index is 13.7. The second-order valence-electron chi connectivity index (χ2n) is 11.9. The van der Waals surface area contributed by atoms with Crippen molar-refractivity contribution in [1.29, 1.82) is 0 Å². The zero-order valence-electron chi connectivity index (χ0n) is 26.3. The van der Waals surface area contributed by atoms with Crippen molar-refractivity contribution in [3.63, 3.8) is 0 Å². The van der Waals surface area contributed by atoms with Crippen LogP contribution in [0.3, 0.4) is 0 Å². The van der Waals surface area contributed by atoms with Crippen LogP contribution in [0.2, 0.25) is 5.02 Å². The Kier molecular flexibility index (Phi) is 8.97. The van der Waals surface area contributed by atoms with Gasteiger partial charge in [-0.05, 0) is 73.8 Å². The van der Waals surface area contributed by atoms with Crippen LogP contribution in [0, 0.1) is 12.7 Å². The summed E-state index contributed by atoms with van der Waals surface area (Å²) in [6, 6.07) is 16.6. The first kappa shape index (κ1) is 32.0. The van der Waals surface area contributed by atoms with Crippen molar-refractivity contribution in [2.45, 2.75) is 39.0 Å². The zero-order chi connectivity index (χ0) is 33.4. The monoisotopic (exact) mass is 686 g/mol. The second kappa shape index (κ2) is 13.5. The van der Waals surface area contributed by atoms with Crippen LogP contribution in [0.1, 0.15) is 39.2 Å². The lowest BCUT2D eigenvalue weighted by molar-refractivity contribution is 0.0793. The van der Waals surface area contributed by atoms with Crippen molar-refractivity contribution in [1.82, 2.24) is 14.9 Å². The van der Waals surface area contributed by atoms with Gasteiger partial charge in [0.15, 0.2) is 5.82 Å². The Hall–Kier alpha value is -4.62. The number of halogens is 2. The number of carbonyl (C=O) groups excluding carboxylic acids is 2. The average molecular weight is 687 g/mol. The number of thiophene rings is 1. The lowest BCUT2D eigenvalue weighted by Gasteiger charge is -2.28. The third-order valence-corrected chi connectivity index (χ3v) is 9.69. The van der Waals surface area contributed by atoms with Crippen LogP contribution in [-0.4, -0.2) is 53.1 Å². The number of aryl methyl sites for hydroxylation is 1. The van der Waals surface area contributed by atoms with Gasteiger partial charge in [-0.1, -0.05) is 35.9 Å². The zero-order valence-corrected chi connectivity index (χ0v) is 27.8. The molecule has 2 aromatic heterocycles. The molecular weight excluding hydrogens is 655 g/mol. The maximum Gasteiger partial charge on any atom is 0.332 e. The third-order valence-electron chi connectivity index (χ3n) is 8.30. The number of likely N-dealkylation sites (N-methyl/N-ethyl adjacent to an activating group) is 1. The van der Waals surface area contributed by atoms with Crippen LogP contribution in [0.25, 0.3) is 10.2 Å². The Morgan fingerprint density at radius 1 is 1.19 bits per heavy atom. The first-order chi connectivity index (χ1) is 23.2. The first-order valence-electron chi connectivity index (χ1n) is 15.5. The van der Waals surface area contributed by atoms with Gasteiger partial charge in [0.25, 0.3) is 5.91 Å². The molecule has 2 N–H and O–H groups in total. The summed E-state index contributed by atoms with van der Waals surface area (Å²) in [5.41, 5.74) is 3.91. The highest BCUT2D eigenvalue weighted by Gasteiger charge is 2.35. The molecule has 0 radical (unpaired) electrons. The highest BCUT2D eigenvalue weighted by Crippen LogP contribution is 2.46. The summed E-state index contributed by atoms with van der Waals surface area (Å²) in [6.07, 6.45) is 3.86. The Morgan fingerprint density at radius 3 is 2.79 bits per heavy atom. The van der Waals surface area contributed by atoms with E-state index < -0.39 is 6.03 Å². The van der Waals surface area contributed by atoms with Crippen LogP contribution < -0.4 is 20.3 Å². The van der Waals surface area contributed by atoms with E-state index in [1.165, 1.54) is 34.7 Å². The molecule has 0 aliphatic carbocycles. The number of carbonyl (C=O) groups is 2. The molecule has 3 amide bonds. The summed E-state index contributed by atoms with van der Waals surface area (Å²) >= 11 is 7.68. The van der Waals surface area contributed by atoms with Gasteiger partial charge in [0.1, 0.15) is 34.2 Å². The third kappa shape index (κ3) is 6.56. The predicted molar refractivity (Wildman–Crippen MR) is 185 cm³/mol. The Labute approximate surface area is 285 Å². The molecule has 5 aromatic rings. The van der Waals surface area contributed by atoms with Crippen molar-refractivity contribution in [2.24, 2.45) is 0 Å². The standard InChI is InChI=1S/C35H32ClFN6O4S/c1-20-13-26(36)28(47-18-22-5-3-6-23(37)14-22)15-27(20)43-32-29-30(41-35(43)45)31(48-34(29)39-19-38-32)33(44)40-24-10-8-21(9-11-24)16-42(2)17-25-7-4-12-46-25/h3,5-6,8-11,13-15,19,25H,4,7,12,16-18H2,1-2H3,(H,40,44)(H,41,45)/t25-/m1/s1. The summed E-state index contributed by atoms with van der Waals surface area (Å²) < 4.78 is 25.4. The molecule has 3 aromatic carbocycles. The second-order valence-corrected chi connectivity index (χ2v) is 13.3. The van der Waals surface area contributed by atoms with E-state index in [0.29, 0.717) is 59.9 Å². The lowest BCUT2D eigenvalue weighted by atomic mass is 10.1. The summed E-state index contributed by atoms with van der Waals surface area (Å²) in [5.74, 6) is -0.0960. The van der Waals surface area contributed by atoms with Crippen molar-refractivity contribution in [2.75, 3.05) is 35.7 Å². The van der Waals surface area contributed by atoms with Gasteiger partial charge in [0.2, 0.25) is 0 Å². The van der Waals surface area contributed by atoms with E-state index in [-0.39, 0.29) is 24.4 Å². The smallest absolute Gasteiger partial charge is 0.332 e. The molecule has 2 aliphatic rings. The Balaban J connectivity index is 1.11. The molecule has 246 valence electrons. The van der Waals surface area contributed by atoms with Gasteiger partial charge in [-0.3, -0.25) is 9.69 Å². The van der Waals surface area contributed by atoms with Crippen LogP contribution in [-0.2, 0) is 17.9 Å². The number of ether oxygens (including phenoxy) is 2. The van der Waals surface area contributed by atoms with E-state index in [2.05, 4.69) is 32.5 Å². The van der Waals surface area contributed by atoms with Crippen LogP contribution >= 0.6 is 22.9 Å². The fraction of sp³-hybridized carbons (Fsp3) is 0.257. The first-order valence-corrected chi connectivity index (χ1v) is 16.7. The highest BCUT2D eigenvalue weighted by atomic mass is 35.5. The lowest BCUT2D eigenvalue weighted by Crippen LogP contribution is -2.35. The molecule has 0 saturated carbocycles. The average Bonchev–Trinajstić information content (AvgIpc) is 3.71. The van der Waals surface area contributed by atoms with E-state index >= 15 is 0 Å². The molecule has 48 heavy (non-hydrogen) atoms. The largest absolute Gasteiger partial charge is 0.487 e. The molecule has 4 heterocycles. The molecule has 2 aliphatic heterocycles. The van der Waals surface area contributed by atoms with E-state index in [4.69, 9.17) is 21.1 Å². The maximum absolute atomic E-state index is 13.7. The Bertz CT molecular complexity index is 2020. The predicted octanol–water partition coefficient (Wildman–Crippen LogP) is 7.92. The quantitative estimate of drug-likeness (QED) is 0.154. The van der Waals surface area contributed by atoms with Gasteiger partial charge in [0.05, 0.1) is 27.9 Å². The summed E-state index contributed by atoms with van der Waals surface area (Å²) in [7, 11) is 2.08. The summed E-state index contributed by atoms with van der Waals surface area (Å²) in [5, 5.41) is 6.75. The van der Waals surface area contributed by atoms with Crippen LogP contribution in [0.15, 0.2) is 67.0 Å². The Morgan fingerprint density at radius 2 is 2.02 bits per heavy atom. The fourth-order valence-electron chi connectivity index (χ4n) is 6.02. The molecule has 1 atom stereocenters. The van der Waals surface area contributed by atoms with Gasteiger partial charge in [-0.25, -0.2) is 24.1 Å². The number of hydrogen-bond acceptors (Lipinski definition) is 8. The molecule has 7 rings (SSSR count). The van der Waals surface area contributed by atoms with Gasteiger partial charge >= 0.3 is 6.03 Å². The molecule has 0 bridgehead atoms. The number of amides is 3. The molecular formula is C35H32ClFN6O4S. The SMILES string of the molecule is Cc1cc(Cl)c(OCc2cccc(F)c2)cc1N1C(=O)Nc2c(C(=O)Nc3ccc(CN(C)C[C@H]4CCCO4)cc3)sc3ncnc1c23. The van der Waals surface area contributed by atoms with Gasteiger partial charge < -0.3 is 20.1 Å². The van der Waals surface area contributed by atoms with E-state index in [1.54, 1.807) is 24.3 Å². The number of nitrogens with one attached hydrogen (secondary N) is 2. The number of benzene rings is 3. The molecule has 0 spiro atoms.